The van der Waals surface area contributed by atoms with Gasteiger partial charge in [-0.1, -0.05) is 11.8 Å². The highest BCUT2D eigenvalue weighted by Crippen LogP contribution is 2.41. The SMILES string of the molecule is Cc1nnc(SCC(=O)N2CCC3(CCCN(CC4CC4)C3=O)C2)o1. The van der Waals surface area contributed by atoms with Crippen LogP contribution < -0.4 is 0 Å². The molecule has 1 spiro atoms. The monoisotopic (exact) mass is 364 g/mol. The predicted octanol–water partition coefficient (Wildman–Crippen LogP) is 1.72. The lowest BCUT2D eigenvalue weighted by molar-refractivity contribution is -0.146. The van der Waals surface area contributed by atoms with Gasteiger partial charge in [0.1, 0.15) is 0 Å². The van der Waals surface area contributed by atoms with Gasteiger partial charge in [-0.05, 0) is 38.0 Å². The molecule has 1 aliphatic carbocycles. The molecule has 1 unspecified atom stereocenters. The minimum Gasteiger partial charge on any atom is -0.416 e. The molecular formula is C17H24N4O3S. The minimum absolute atomic E-state index is 0.0462. The van der Waals surface area contributed by atoms with Crippen LogP contribution in [-0.4, -0.2) is 63.7 Å². The predicted molar refractivity (Wildman–Crippen MR) is 91.9 cm³/mol. The molecule has 4 rings (SSSR count). The fourth-order valence-electron chi connectivity index (χ4n) is 3.95. The zero-order valence-electron chi connectivity index (χ0n) is 14.6. The number of hydrogen-bond donors (Lipinski definition) is 0. The number of aromatic nitrogens is 2. The lowest BCUT2D eigenvalue weighted by atomic mass is 9.78. The topological polar surface area (TPSA) is 79.5 Å². The second-order valence-electron chi connectivity index (χ2n) is 7.52. The summed E-state index contributed by atoms with van der Waals surface area (Å²) in [5.41, 5.74) is -0.339. The van der Waals surface area contributed by atoms with E-state index < -0.39 is 0 Å². The maximum Gasteiger partial charge on any atom is 0.277 e. The van der Waals surface area contributed by atoms with E-state index in [9.17, 15) is 9.59 Å². The zero-order valence-corrected chi connectivity index (χ0v) is 15.4. The number of carbonyl (C=O) groups excluding carboxylic acids is 2. The molecule has 7 nitrogen and oxygen atoms in total. The van der Waals surface area contributed by atoms with E-state index >= 15 is 0 Å². The quantitative estimate of drug-likeness (QED) is 0.740. The van der Waals surface area contributed by atoms with Crippen molar-refractivity contribution in [1.82, 2.24) is 20.0 Å². The Morgan fingerprint density at radius 2 is 2.16 bits per heavy atom. The number of likely N-dealkylation sites (tertiary alicyclic amines) is 2. The molecular weight excluding hydrogens is 340 g/mol. The third-order valence-corrected chi connectivity index (χ3v) is 6.34. The number of thioether (sulfide) groups is 1. The Morgan fingerprint density at radius 1 is 1.32 bits per heavy atom. The van der Waals surface area contributed by atoms with Crippen molar-refractivity contribution in [2.45, 2.75) is 44.3 Å². The van der Waals surface area contributed by atoms with E-state index in [0.717, 1.165) is 32.4 Å². The molecule has 0 radical (unpaired) electrons. The molecule has 0 N–H and O–H groups in total. The third kappa shape index (κ3) is 3.54. The lowest BCUT2D eigenvalue weighted by Gasteiger charge is -2.39. The smallest absolute Gasteiger partial charge is 0.277 e. The van der Waals surface area contributed by atoms with Crippen molar-refractivity contribution in [3.05, 3.63) is 5.89 Å². The molecule has 136 valence electrons. The molecule has 2 saturated heterocycles. The fourth-order valence-corrected chi connectivity index (χ4v) is 4.66. The molecule has 2 amide bonds. The highest BCUT2D eigenvalue weighted by Gasteiger charge is 2.49. The van der Waals surface area contributed by atoms with Crippen LogP contribution in [0.4, 0.5) is 0 Å². The first kappa shape index (κ1) is 16.9. The van der Waals surface area contributed by atoms with Crippen LogP contribution in [0.5, 0.6) is 0 Å². The minimum atomic E-state index is -0.339. The first-order valence-electron chi connectivity index (χ1n) is 9.06. The third-order valence-electron chi connectivity index (χ3n) is 5.53. The Balaban J connectivity index is 1.34. The lowest BCUT2D eigenvalue weighted by Crippen LogP contribution is -2.51. The Labute approximate surface area is 151 Å². The van der Waals surface area contributed by atoms with E-state index in [0.29, 0.717) is 30.1 Å². The average Bonchev–Trinajstić information content (AvgIpc) is 3.15. The van der Waals surface area contributed by atoms with Crippen molar-refractivity contribution in [2.75, 3.05) is 31.9 Å². The van der Waals surface area contributed by atoms with Crippen molar-refractivity contribution in [3.63, 3.8) is 0 Å². The van der Waals surface area contributed by atoms with E-state index in [-0.39, 0.29) is 23.0 Å². The van der Waals surface area contributed by atoms with Crippen LogP contribution in [0.2, 0.25) is 0 Å². The average molecular weight is 364 g/mol. The molecule has 1 atom stereocenters. The molecule has 1 aromatic rings. The van der Waals surface area contributed by atoms with E-state index in [1.807, 2.05) is 4.90 Å². The van der Waals surface area contributed by atoms with Gasteiger partial charge in [0.25, 0.3) is 5.22 Å². The van der Waals surface area contributed by atoms with Crippen LogP contribution in [0.25, 0.3) is 0 Å². The van der Waals surface area contributed by atoms with Crippen LogP contribution in [-0.2, 0) is 9.59 Å². The van der Waals surface area contributed by atoms with Crippen LogP contribution in [0.15, 0.2) is 9.64 Å². The number of aryl methyl sites for hydroxylation is 1. The second kappa shape index (κ2) is 6.63. The number of nitrogens with zero attached hydrogens (tertiary/aromatic N) is 4. The molecule has 3 fully saturated rings. The summed E-state index contributed by atoms with van der Waals surface area (Å²) in [6.07, 6.45) is 5.27. The molecule has 8 heteroatoms. The van der Waals surface area contributed by atoms with Gasteiger partial charge in [0.2, 0.25) is 17.7 Å². The molecule has 25 heavy (non-hydrogen) atoms. The fraction of sp³-hybridized carbons (Fsp3) is 0.765. The van der Waals surface area contributed by atoms with Gasteiger partial charge >= 0.3 is 0 Å². The van der Waals surface area contributed by atoms with Crippen LogP contribution in [0, 0.1) is 18.3 Å². The van der Waals surface area contributed by atoms with E-state index in [1.54, 1.807) is 6.92 Å². The Hall–Kier alpha value is -1.57. The summed E-state index contributed by atoms with van der Waals surface area (Å²) in [7, 11) is 0. The molecule has 3 aliphatic rings. The van der Waals surface area contributed by atoms with Crippen molar-refractivity contribution >= 4 is 23.6 Å². The van der Waals surface area contributed by atoms with Gasteiger partial charge in [-0.25, -0.2) is 0 Å². The summed E-state index contributed by atoms with van der Waals surface area (Å²) >= 11 is 1.26. The van der Waals surface area contributed by atoms with Crippen LogP contribution in [0.3, 0.4) is 0 Å². The second-order valence-corrected chi connectivity index (χ2v) is 8.45. The normalized spacial score (nSPS) is 26.7. The van der Waals surface area contributed by atoms with Gasteiger partial charge in [-0.15, -0.1) is 10.2 Å². The number of hydrogen-bond acceptors (Lipinski definition) is 6. The Kier molecular flexibility index (Phi) is 4.47. The van der Waals surface area contributed by atoms with Gasteiger partial charge in [-0.3, -0.25) is 9.59 Å². The first-order valence-corrected chi connectivity index (χ1v) is 10.0. The molecule has 1 saturated carbocycles. The summed E-state index contributed by atoms with van der Waals surface area (Å²) in [6, 6.07) is 0. The summed E-state index contributed by atoms with van der Waals surface area (Å²) in [5, 5.41) is 8.08. The van der Waals surface area contributed by atoms with Crippen molar-refractivity contribution < 1.29 is 14.0 Å². The summed E-state index contributed by atoms with van der Waals surface area (Å²) in [5.74, 6) is 1.81. The van der Waals surface area contributed by atoms with Gasteiger partial charge in [0, 0.05) is 33.1 Å². The van der Waals surface area contributed by atoms with Gasteiger partial charge in [0.05, 0.1) is 11.2 Å². The largest absolute Gasteiger partial charge is 0.416 e. The molecule has 0 aromatic carbocycles. The molecule has 0 bridgehead atoms. The number of amides is 2. The standard InChI is InChI=1S/C17H24N4O3S/c1-12-18-19-16(24-12)25-10-14(22)21-8-6-17(11-21)5-2-7-20(15(17)23)9-13-3-4-13/h13H,2-11H2,1H3. The van der Waals surface area contributed by atoms with Crippen molar-refractivity contribution in [2.24, 2.45) is 11.3 Å². The van der Waals surface area contributed by atoms with Crippen LogP contribution >= 0.6 is 11.8 Å². The van der Waals surface area contributed by atoms with Gasteiger partial charge < -0.3 is 14.2 Å². The molecule has 3 heterocycles. The summed E-state index contributed by atoms with van der Waals surface area (Å²) in [4.78, 5) is 29.4. The van der Waals surface area contributed by atoms with E-state index in [4.69, 9.17) is 4.42 Å². The summed E-state index contributed by atoms with van der Waals surface area (Å²) < 4.78 is 5.29. The highest BCUT2D eigenvalue weighted by molar-refractivity contribution is 7.99. The maximum atomic E-state index is 13.0. The van der Waals surface area contributed by atoms with Crippen molar-refractivity contribution in [1.29, 1.82) is 0 Å². The van der Waals surface area contributed by atoms with E-state index in [1.165, 1.54) is 24.6 Å². The Morgan fingerprint density at radius 3 is 2.88 bits per heavy atom. The van der Waals surface area contributed by atoms with Gasteiger partial charge in [0.15, 0.2) is 0 Å². The summed E-state index contributed by atoms with van der Waals surface area (Å²) in [6.45, 7) is 4.77. The van der Waals surface area contributed by atoms with Crippen LogP contribution in [0.1, 0.15) is 38.0 Å². The Bertz CT molecular complexity index is 675. The number of rotatable bonds is 5. The van der Waals surface area contributed by atoms with Gasteiger partial charge in [-0.2, -0.15) is 0 Å². The zero-order chi connectivity index (χ0) is 17.4. The first-order chi connectivity index (χ1) is 12.1. The number of carbonyl (C=O) groups is 2. The van der Waals surface area contributed by atoms with Crippen molar-refractivity contribution in [3.8, 4) is 0 Å². The molecule has 1 aromatic heterocycles. The number of piperidine rings is 1. The van der Waals surface area contributed by atoms with E-state index in [2.05, 4.69) is 15.1 Å². The molecule has 2 aliphatic heterocycles. The highest BCUT2D eigenvalue weighted by atomic mass is 32.2. The maximum absolute atomic E-state index is 13.0.